The van der Waals surface area contributed by atoms with Crippen molar-refractivity contribution in [1.82, 2.24) is 0 Å². The first-order valence-corrected chi connectivity index (χ1v) is 8.32. The number of nitrogens with zero attached hydrogens (tertiary/aromatic N) is 1. The van der Waals surface area contributed by atoms with Crippen LogP contribution in [0.3, 0.4) is 0 Å². The molecule has 0 aromatic heterocycles. The average molecular weight is 263 g/mol. The van der Waals surface area contributed by atoms with Crippen molar-refractivity contribution in [3.05, 3.63) is 0 Å². The molecule has 4 aliphatic carbocycles. The van der Waals surface area contributed by atoms with Crippen LogP contribution < -0.4 is 0 Å². The summed E-state index contributed by atoms with van der Waals surface area (Å²) < 4.78 is 0. The maximum absolute atomic E-state index is 9.03. The minimum absolute atomic E-state index is 0.429. The van der Waals surface area contributed by atoms with Crippen LogP contribution in [-0.4, -0.2) is 5.25 Å². The van der Waals surface area contributed by atoms with Gasteiger partial charge < -0.3 is 0 Å². The third-order valence-electron chi connectivity index (χ3n) is 6.47. The average Bonchev–Trinajstić information content (AvgIpc) is 2.47. The standard InChI is InChI=1S/C16H25NS/c1-10(2)11-6-15(3)8-16(4)7-12(11)13(15)5-14(16)18-9-17/h10-14H,5-8H2,1-4H3/t11?,12?,13?,14-,15?,16?/m1/s1. The molecule has 100 valence electrons. The Labute approximate surface area is 116 Å². The van der Waals surface area contributed by atoms with E-state index >= 15 is 0 Å². The molecule has 0 aliphatic heterocycles. The molecule has 4 bridgehead atoms. The Bertz CT molecular complexity index is 398. The van der Waals surface area contributed by atoms with Crippen molar-refractivity contribution in [3.8, 4) is 5.40 Å². The fourth-order valence-corrected chi connectivity index (χ4v) is 6.79. The minimum atomic E-state index is 0.429. The first-order chi connectivity index (χ1) is 8.39. The number of thiocyanates is 1. The van der Waals surface area contributed by atoms with E-state index in [-0.39, 0.29) is 0 Å². The molecule has 4 rings (SSSR count). The first kappa shape index (κ1) is 12.9. The summed E-state index contributed by atoms with van der Waals surface area (Å²) in [7, 11) is 0. The maximum atomic E-state index is 9.03. The molecule has 0 aromatic carbocycles. The van der Waals surface area contributed by atoms with Gasteiger partial charge in [0.25, 0.3) is 0 Å². The lowest BCUT2D eigenvalue weighted by atomic mass is 9.50. The minimum Gasteiger partial charge on any atom is -0.185 e. The molecule has 0 N–H and O–H groups in total. The van der Waals surface area contributed by atoms with E-state index in [4.69, 9.17) is 5.26 Å². The second kappa shape index (κ2) is 3.92. The Morgan fingerprint density at radius 1 is 1.22 bits per heavy atom. The number of nitriles is 1. The molecule has 4 fully saturated rings. The van der Waals surface area contributed by atoms with Gasteiger partial charge in [-0.25, -0.2) is 0 Å². The molecule has 4 aliphatic rings. The van der Waals surface area contributed by atoms with Crippen molar-refractivity contribution < 1.29 is 0 Å². The van der Waals surface area contributed by atoms with E-state index in [2.05, 4.69) is 33.1 Å². The van der Waals surface area contributed by atoms with E-state index in [0.717, 1.165) is 23.7 Å². The fraction of sp³-hybridized carbons (Fsp3) is 0.938. The predicted molar refractivity (Wildman–Crippen MR) is 77.0 cm³/mol. The van der Waals surface area contributed by atoms with Crippen LogP contribution in [0.15, 0.2) is 0 Å². The topological polar surface area (TPSA) is 23.8 Å². The molecule has 2 heteroatoms. The molecular formula is C16H25NS. The highest BCUT2D eigenvalue weighted by atomic mass is 32.2. The summed E-state index contributed by atoms with van der Waals surface area (Å²) in [4.78, 5) is 0. The summed E-state index contributed by atoms with van der Waals surface area (Å²) in [5.74, 6) is 3.62. The number of hydrogen-bond donors (Lipinski definition) is 0. The van der Waals surface area contributed by atoms with Crippen molar-refractivity contribution >= 4 is 11.8 Å². The largest absolute Gasteiger partial charge is 0.185 e. The molecule has 0 heterocycles. The molecule has 4 saturated carbocycles. The number of hydrogen-bond acceptors (Lipinski definition) is 2. The normalized spacial score (nSPS) is 53.8. The zero-order valence-corrected chi connectivity index (χ0v) is 12.9. The second-order valence-corrected chi connectivity index (χ2v) is 8.99. The van der Waals surface area contributed by atoms with Crippen LogP contribution in [0.2, 0.25) is 0 Å². The monoisotopic (exact) mass is 263 g/mol. The molecular weight excluding hydrogens is 238 g/mol. The molecule has 6 atom stereocenters. The SMILES string of the molecule is CC(C)C1CC2(C)CC3(C)CC1C2C[C@H]3SC#N. The second-order valence-electron chi connectivity index (χ2n) is 8.00. The highest BCUT2D eigenvalue weighted by molar-refractivity contribution is 8.04. The van der Waals surface area contributed by atoms with E-state index in [0.29, 0.717) is 16.1 Å². The van der Waals surface area contributed by atoms with E-state index in [1.54, 1.807) is 11.8 Å². The Morgan fingerprint density at radius 3 is 2.50 bits per heavy atom. The third-order valence-corrected chi connectivity index (χ3v) is 7.62. The molecule has 5 unspecified atom stereocenters. The van der Waals surface area contributed by atoms with Crippen LogP contribution >= 0.6 is 11.8 Å². The van der Waals surface area contributed by atoms with Crippen LogP contribution in [0.5, 0.6) is 0 Å². The van der Waals surface area contributed by atoms with Crippen LogP contribution in [0, 0.1) is 45.2 Å². The van der Waals surface area contributed by atoms with E-state index < -0.39 is 0 Å². The number of thioether (sulfide) groups is 1. The molecule has 1 nitrogen and oxygen atoms in total. The lowest BCUT2D eigenvalue weighted by Crippen LogP contribution is -2.52. The third kappa shape index (κ3) is 1.59. The molecule has 18 heavy (non-hydrogen) atoms. The van der Waals surface area contributed by atoms with Crippen LogP contribution in [-0.2, 0) is 0 Å². The van der Waals surface area contributed by atoms with Gasteiger partial charge in [-0.3, -0.25) is 0 Å². The Balaban J connectivity index is 1.92. The van der Waals surface area contributed by atoms with Gasteiger partial charge in [0.1, 0.15) is 5.40 Å². The lowest BCUT2D eigenvalue weighted by molar-refractivity contribution is -0.0379. The van der Waals surface area contributed by atoms with Gasteiger partial charge in [0.15, 0.2) is 0 Å². The first-order valence-electron chi connectivity index (χ1n) is 7.44. The zero-order valence-electron chi connectivity index (χ0n) is 12.1. The lowest BCUT2D eigenvalue weighted by Gasteiger charge is -2.58. The van der Waals surface area contributed by atoms with Gasteiger partial charge in [-0.05, 0) is 71.9 Å². The highest BCUT2D eigenvalue weighted by Gasteiger charge is 2.64. The molecule has 0 radical (unpaired) electrons. The van der Waals surface area contributed by atoms with Crippen LogP contribution in [0.1, 0.15) is 53.4 Å². The maximum Gasteiger partial charge on any atom is 0.133 e. The summed E-state index contributed by atoms with van der Waals surface area (Å²) >= 11 is 1.56. The Hall–Kier alpha value is -0.160. The highest BCUT2D eigenvalue weighted by Crippen LogP contribution is 2.71. The van der Waals surface area contributed by atoms with E-state index in [9.17, 15) is 0 Å². The summed E-state index contributed by atoms with van der Waals surface area (Å²) in [6, 6.07) is 0. The smallest absolute Gasteiger partial charge is 0.133 e. The molecule has 0 saturated heterocycles. The molecule has 0 amide bonds. The molecule has 0 aromatic rings. The van der Waals surface area contributed by atoms with Gasteiger partial charge >= 0.3 is 0 Å². The van der Waals surface area contributed by atoms with Crippen molar-refractivity contribution in [1.29, 1.82) is 5.26 Å². The summed E-state index contributed by atoms with van der Waals surface area (Å²) in [6.45, 7) is 9.82. The van der Waals surface area contributed by atoms with Gasteiger partial charge in [0, 0.05) is 5.25 Å². The zero-order chi connectivity index (χ0) is 13.1. The van der Waals surface area contributed by atoms with Gasteiger partial charge in [-0.1, -0.05) is 27.7 Å². The number of fused-ring (bicyclic) bond motifs is 1. The van der Waals surface area contributed by atoms with Gasteiger partial charge in [-0.15, -0.1) is 0 Å². The Kier molecular flexibility index (Phi) is 2.80. The molecule has 0 spiro atoms. The summed E-state index contributed by atoms with van der Waals surface area (Å²) in [6.07, 6.45) is 5.50. The fourth-order valence-electron chi connectivity index (χ4n) is 5.89. The van der Waals surface area contributed by atoms with E-state index in [1.165, 1.54) is 25.7 Å². The van der Waals surface area contributed by atoms with Crippen molar-refractivity contribution in [2.24, 2.45) is 34.5 Å². The van der Waals surface area contributed by atoms with Gasteiger partial charge in [0.05, 0.1) is 0 Å². The predicted octanol–water partition coefficient (Wildman–Crippen LogP) is 4.69. The van der Waals surface area contributed by atoms with E-state index in [1.807, 2.05) is 0 Å². The summed E-state index contributed by atoms with van der Waals surface area (Å²) in [5.41, 5.74) is 1.01. The van der Waals surface area contributed by atoms with Crippen LogP contribution in [0.25, 0.3) is 0 Å². The van der Waals surface area contributed by atoms with Crippen molar-refractivity contribution in [3.63, 3.8) is 0 Å². The van der Waals surface area contributed by atoms with Crippen LogP contribution in [0.4, 0.5) is 0 Å². The Morgan fingerprint density at radius 2 is 1.94 bits per heavy atom. The quantitative estimate of drug-likeness (QED) is 0.675. The summed E-state index contributed by atoms with van der Waals surface area (Å²) in [5, 5.41) is 12.0. The van der Waals surface area contributed by atoms with Gasteiger partial charge in [-0.2, -0.15) is 5.26 Å². The van der Waals surface area contributed by atoms with Gasteiger partial charge in [0.2, 0.25) is 0 Å². The van der Waals surface area contributed by atoms with Crippen molar-refractivity contribution in [2.75, 3.05) is 0 Å². The number of rotatable bonds is 2. The van der Waals surface area contributed by atoms with Crippen molar-refractivity contribution in [2.45, 2.75) is 58.6 Å².